The second-order valence-corrected chi connectivity index (χ2v) is 9.27. The van der Waals surface area contributed by atoms with E-state index in [0.717, 1.165) is 21.6 Å². The first-order valence-electron chi connectivity index (χ1n) is 9.91. The van der Waals surface area contributed by atoms with Crippen molar-refractivity contribution in [2.45, 2.75) is 6.54 Å². The number of carbonyl (C=O) groups is 1. The molecule has 0 unspecified atom stereocenters. The fraction of sp³-hybridized carbons (Fsp3) is 0.190. The van der Waals surface area contributed by atoms with Gasteiger partial charge in [-0.1, -0.05) is 0 Å². The van der Waals surface area contributed by atoms with Crippen LogP contribution in [0, 0.1) is 0 Å². The summed E-state index contributed by atoms with van der Waals surface area (Å²) in [5.74, 6) is 0.468. The molecule has 0 radical (unpaired) electrons. The second-order valence-electron chi connectivity index (χ2n) is 7.25. The third-order valence-electron chi connectivity index (χ3n) is 5.00. The SMILES string of the molecule is CNC(=O)c1ccc(Nc2ncc3ccn(Cc4nccnc4N(C)S(C)(=O)=O)c3n2)cc1. The van der Waals surface area contributed by atoms with Crippen LogP contribution in [0.1, 0.15) is 16.1 Å². The van der Waals surface area contributed by atoms with Crippen LogP contribution in [0.4, 0.5) is 17.5 Å². The number of anilines is 3. The van der Waals surface area contributed by atoms with E-state index in [2.05, 4.69) is 30.6 Å². The third-order valence-corrected chi connectivity index (χ3v) is 6.17. The van der Waals surface area contributed by atoms with Crippen molar-refractivity contribution in [2.24, 2.45) is 0 Å². The van der Waals surface area contributed by atoms with E-state index < -0.39 is 10.0 Å². The molecule has 0 saturated heterocycles. The van der Waals surface area contributed by atoms with E-state index in [1.165, 1.54) is 19.4 Å². The summed E-state index contributed by atoms with van der Waals surface area (Å²) in [4.78, 5) is 29.2. The first-order chi connectivity index (χ1) is 15.8. The Hall–Kier alpha value is -4.06. The van der Waals surface area contributed by atoms with Gasteiger partial charge >= 0.3 is 0 Å². The van der Waals surface area contributed by atoms with Crippen LogP contribution in [-0.4, -0.2) is 59.2 Å². The Morgan fingerprint density at radius 1 is 1.09 bits per heavy atom. The zero-order valence-corrected chi connectivity index (χ0v) is 19.0. The average Bonchev–Trinajstić information content (AvgIpc) is 3.20. The summed E-state index contributed by atoms with van der Waals surface area (Å²) in [6.45, 7) is 0.268. The molecule has 1 aromatic carbocycles. The van der Waals surface area contributed by atoms with E-state index in [1.54, 1.807) is 37.5 Å². The van der Waals surface area contributed by atoms with Gasteiger partial charge in [0.15, 0.2) is 5.82 Å². The Kier molecular flexibility index (Phi) is 5.92. The molecule has 2 N–H and O–H groups in total. The molecule has 4 rings (SSSR count). The summed E-state index contributed by atoms with van der Waals surface area (Å²) in [6, 6.07) is 8.81. The van der Waals surface area contributed by atoms with Crippen LogP contribution >= 0.6 is 0 Å². The van der Waals surface area contributed by atoms with Crippen molar-refractivity contribution < 1.29 is 13.2 Å². The molecule has 0 aliphatic heterocycles. The molecule has 0 bridgehead atoms. The highest BCUT2D eigenvalue weighted by atomic mass is 32.2. The minimum absolute atomic E-state index is 0.165. The number of benzene rings is 1. The van der Waals surface area contributed by atoms with Gasteiger partial charge in [-0.15, -0.1) is 0 Å². The largest absolute Gasteiger partial charge is 0.355 e. The Balaban J connectivity index is 1.62. The van der Waals surface area contributed by atoms with Crippen molar-refractivity contribution in [3.05, 3.63) is 66.4 Å². The number of fused-ring (bicyclic) bond motifs is 1. The first-order valence-corrected chi connectivity index (χ1v) is 11.8. The maximum atomic E-state index is 12.0. The van der Waals surface area contributed by atoms with E-state index in [9.17, 15) is 13.2 Å². The van der Waals surface area contributed by atoms with Gasteiger partial charge in [-0.25, -0.2) is 18.4 Å². The maximum absolute atomic E-state index is 12.0. The third kappa shape index (κ3) is 4.75. The molecule has 0 aliphatic rings. The second kappa shape index (κ2) is 8.82. The van der Waals surface area contributed by atoms with Crippen molar-refractivity contribution in [3.63, 3.8) is 0 Å². The molecular weight excluding hydrogens is 444 g/mol. The Labute approximate surface area is 190 Å². The molecule has 0 aliphatic carbocycles. The standard InChI is InChI=1S/C21H22N8O3S/c1-22-20(30)14-4-6-16(7-5-14)26-21-25-12-15-8-11-29(18(15)27-21)13-17-19(24-10-9-23-17)28(2)33(3,31)32/h4-12H,13H2,1-3H3,(H,22,30)(H,25,26,27). The normalized spacial score (nSPS) is 11.4. The lowest BCUT2D eigenvalue weighted by Crippen LogP contribution is -2.27. The number of rotatable bonds is 7. The van der Waals surface area contributed by atoms with Crippen LogP contribution in [0.2, 0.25) is 0 Å². The molecule has 3 heterocycles. The van der Waals surface area contributed by atoms with Crippen LogP contribution in [0.15, 0.2) is 55.1 Å². The number of sulfonamides is 1. The zero-order chi connectivity index (χ0) is 23.6. The molecular formula is C21H22N8O3S. The van der Waals surface area contributed by atoms with Crippen LogP contribution in [0.5, 0.6) is 0 Å². The number of aromatic nitrogens is 5. The molecule has 33 heavy (non-hydrogen) atoms. The molecule has 12 heteroatoms. The maximum Gasteiger partial charge on any atom is 0.251 e. The molecule has 0 atom stereocenters. The van der Waals surface area contributed by atoms with E-state index in [4.69, 9.17) is 0 Å². The predicted molar refractivity (Wildman–Crippen MR) is 125 cm³/mol. The van der Waals surface area contributed by atoms with Gasteiger partial charge < -0.3 is 15.2 Å². The lowest BCUT2D eigenvalue weighted by Gasteiger charge is -2.18. The van der Waals surface area contributed by atoms with Gasteiger partial charge in [-0.3, -0.25) is 14.1 Å². The van der Waals surface area contributed by atoms with Gasteiger partial charge in [0.2, 0.25) is 16.0 Å². The van der Waals surface area contributed by atoms with Gasteiger partial charge in [0, 0.05) is 55.5 Å². The number of hydrogen-bond acceptors (Lipinski definition) is 8. The van der Waals surface area contributed by atoms with Gasteiger partial charge in [0.1, 0.15) is 11.3 Å². The molecule has 1 amide bonds. The van der Waals surface area contributed by atoms with Crippen LogP contribution < -0.4 is 14.9 Å². The summed E-state index contributed by atoms with van der Waals surface area (Å²) in [6.07, 6.45) is 7.61. The molecule has 0 spiro atoms. The number of carbonyl (C=O) groups excluding carboxylic acids is 1. The van der Waals surface area contributed by atoms with E-state index in [0.29, 0.717) is 22.9 Å². The molecule has 4 aromatic rings. The van der Waals surface area contributed by atoms with E-state index in [1.807, 2.05) is 16.8 Å². The summed E-state index contributed by atoms with van der Waals surface area (Å²) < 4.78 is 26.9. The summed E-state index contributed by atoms with van der Waals surface area (Å²) in [5, 5.41) is 6.52. The van der Waals surface area contributed by atoms with Crippen molar-refractivity contribution in [3.8, 4) is 0 Å². The highest BCUT2D eigenvalue weighted by Crippen LogP contribution is 2.22. The fourth-order valence-electron chi connectivity index (χ4n) is 3.19. The monoisotopic (exact) mass is 466 g/mol. The van der Waals surface area contributed by atoms with Crippen molar-refractivity contribution in [1.29, 1.82) is 0 Å². The Morgan fingerprint density at radius 3 is 2.52 bits per heavy atom. The van der Waals surface area contributed by atoms with Crippen molar-refractivity contribution in [2.75, 3.05) is 30.0 Å². The molecule has 11 nitrogen and oxygen atoms in total. The summed E-state index contributed by atoms with van der Waals surface area (Å²) in [7, 11) is -0.471. The molecule has 0 fully saturated rings. The zero-order valence-electron chi connectivity index (χ0n) is 18.2. The van der Waals surface area contributed by atoms with Crippen LogP contribution in [-0.2, 0) is 16.6 Å². The average molecular weight is 467 g/mol. The first kappa shape index (κ1) is 22.1. The lowest BCUT2D eigenvalue weighted by atomic mass is 10.2. The number of amides is 1. The highest BCUT2D eigenvalue weighted by Gasteiger charge is 2.19. The van der Waals surface area contributed by atoms with Crippen LogP contribution in [0.3, 0.4) is 0 Å². The van der Waals surface area contributed by atoms with E-state index in [-0.39, 0.29) is 18.3 Å². The van der Waals surface area contributed by atoms with Crippen molar-refractivity contribution in [1.82, 2.24) is 29.8 Å². The molecule has 3 aromatic heterocycles. The van der Waals surface area contributed by atoms with Gasteiger partial charge in [0.05, 0.1) is 12.8 Å². The summed E-state index contributed by atoms with van der Waals surface area (Å²) in [5.41, 5.74) is 2.41. The minimum Gasteiger partial charge on any atom is -0.355 e. The number of nitrogens with one attached hydrogen (secondary N) is 2. The molecule has 170 valence electrons. The Morgan fingerprint density at radius 2 is 1.82 bits per heavy atom. The highest BCUT2D eigenvalue weighted by molar-refractivity contribution is 7.92. The van der Waals surface area contributed by atoms with Crippen LogP contribution in [0.25, 0.3) is 11.0 Å². The fourth-order valence-corrected chi connectivity index (χ4v) is 3.66. The number of hydrogen-bond donors (Lipinski definition) is 2. The quantitative estimate of drug-likeness (QED) is 0.421. The number of nitrogens with zero attached hydrogens (tertiary/aromatic N) is 6. The van der Waals surface area contributed by atoms with Gasteiger partial charge in [0.25, 0.3) is 5.91 Å². The van der Waals surface area contributed by atoms with Crippen molar-refractivity contribution >= 4 is 44.4 Å². The summed E-state index contributed by atoms with van der Waals surface area (Å²) >= 11 is 0. The topological polar surface area (TPSA) is 135 Å². The van der Waals surface area contributed by atoms with Gasteiger partial charge in [-0.2, -0.15) is 4.98 Å². The van der Waals surface area contributed by atoms with Gasteiger partial charge in [-0.05, 0) is 30.3 Å². The van der Waals surface area contributed by atoms with E-state index >= 15 is 0 Å². The minimum atomic E-state index is -3.49. The molecule has 0 saturated carbocycles. The lowest BCUT2D eigenvalue weighted by molar-refractivity contribution is 0.0963. The smallest absolute Gasteiger partial charge is 0.251 e. The predicted octanol–water partition coefficient (Wildman–Crippen LogP) is 1.77. The Bertz CT molecular complexity index is 1420.